The third kappa shape index (κ3) is 1.19. The molecular weight excluding hydrogens is 200 g/mol. The van der Waals surface area contributed by atoms with E-state index in [4.69, 9.17) is 0 Å². The summed E-state index contributed by atoms with van der Waals surface area (Å²) in [6.07, 6.45) is 1.74. The van der Waals surface area contributed by atoms with Crippen LogP contribution in [0.15, 0.2) is 42.1 Å². The second-order valence-electron chi connectivity index (χ2n) is 4.81. The number of quaternary nitrogens is 2. The zero-order chi connectivity index (χ0) is 12.0. The molecule has 3 nitrogen and oxygen atoms in total. The molecule has 0 aromatic heterocycles. The van der Waals surface area contributed by atoms with Crippen LogP contribution in [0, 0.1) is 0 Å². The molecule has 0 bridgehead atoms. The van der Waals surface area contributed by atoms with Crippen LogP contribution in [0.1, 0.15) is 6.92 Å². The van der Waals surface area contributed by atoms with Crippen LogP contribution in [0.5, 0.6) is 0 Å². The maximum absolute atomic E-state index is 12.2. The highest BCUT2D eigenvalue weighted by Gasteiger charge is 2.55. The van der Waals surface area contributed by atoms with Crippen molar-refractivity contribution in [3.63, 3.8) is 0 Å². The number of amides is 1. The normalized spacial score (nSPS) is 28.0. The quantitative estimate of drug-likeness (QED) is 0.659. The monoisotopic (exact) mass is 218 g/mol. The molecule has 1 aromatic rings. The van der Waals surface area contributed by atoms with E-state index in [0.717, 1.165) is 11.4 Å². The molecule has 16 heavy (non-hydrogen) atoms. The molecule has 0 spiro atoms. The maximum atomic E-state index is 12.2. The summed E-state index contributed by atoms with van der Waals surface area (Å²) in [7, 11) is 6.08. The standard InChI is InChI=1S/C13H18N2O/c1-11-10-13(16)15(4,14(11,2)3)12-8-6-5-7-9-12/h5-10H,1-4H3/q+2. The van der Waals surface area contributed by atoms with Gasteiger partial charge in [-0.25, -0.2) is 4.79 Å². The fraction of sp³-hybridized carbons (Fsp3) is 0.308. The first-order valence-electron chi connectivity index (χ1n) is 5.40. The third-order valence-electron chi connectivity index (χ3n) is 3.88. The number of hydrogen-bond donors (Lipinski definition) is 0. The van der Waals surface area contributed by atoms with Gasteiger partial charge in [0.05, 0.1) is 0 Å². The fourth-order valence-corrected chi connectivity index (χ4v) is 2.16. The lowest BCUT2D eigenvalue weighted by Crippen LogP contribution is -2.66. The molecule has 0 saturated heterocycles. The molecule has 0 fully saturated rings. The summed E-state index contributed by atoms with van der Waals surface area (Å²) in [6, 6.07) is 9.92. The Morgan fingerprint density at radius 3 is 2.00 bits per heavy atom. The number of carbonyl (C=O) groups is 1. The van der Waals surface area contributed by atoms with Gasteiger partial charge in [-0.15, -0.1) is 4.59 Å². The van der Waals surface area contributed by atoms with Crippen molar-refractivity contribution < 1.29 is 9.39 Å². The average molecular weight is 218 g/mol. The molecule has 3 heteroatoms. The van der Waals surface area contributed by atoms with Crippen LogP contribution in [0.2, 0.25) is 0 Å². The van der Waals surface area contributed by atoms with Crippen LogP contribution in [-0.4, -0.2) is 31.6 Å². The summed E-state index contributed by atoms with van der Waals surface area (Å²) >= 11 is 0. The number of para-hydroxylation sites is 1. The van der Waals surface area contributed by atoms with E-state index in [-0.39, 0.29) is 10.5 Å². The van der Waals surface area contributed by atoms with Gasteiger partial charge in [-0.05, 0) is 0 Å². The van der Waals surface area contributed by atoms with Crippen molar-refractivity contribution in [2.45, 2.75) is 6.92 Å². The van der Waals surface area contributed by atoms with E-state index in [0.29, 0.717) is 4.59 Å². The molecule has 0 radical (unpaired) electrons. The van der Waals surface area contributed by atoms with Crippen molar-refractivity contribution in [2.75, 3.05) is 21.1 Å². The summed E-state index contributed by atoms with van der Waals surface area (Å²) in [5, 5.41) is 0. The van der Waals surface area contributed by atoms with Crippen LogP contribution in [0.4, 0.5) is 5.69 Å². The Hall–Kier alpha value is -1.45. The van der Waals surface area contributed by atoms with Crippen LogP contribution in [0.25, 0.3) is 0 Å². The van der Waals surface area contributed by atoms with Crippen LogP contribution < -0.4 is 4.59 Å². The Bertz CT molecular complexity index is 462. The highest BCUT2D eigenvalue weighted by Crippen LogP contribution is 2.35. The molecule has 1 aromatic carbocycles. The van der Waals surface area contributed by atoms with Crippen LogP contribution in [0.3, 0.4) is 0 Å². The van der Waals surface area contributed by atoms with Crippen LogP contribution >= 0.6 is 0 Å². The van der Waals surface area contributed by atoms with Gasteiger partial charge in [-0.2, -0.15) is 0 Å². The number of allylic oxidation sites excluding steroid dienone is 1. The van der Waals surface area contributed by atoms with Crippen molar-refractivity contribution >= 4 is 11.6 Å². The second-order valence-corrected chi connectivity index (χ2v) is 4.81. The Balaban J connectivity index is 2.60. The van der Waals surface area contributed by atoms with Gasteiger partial charge in [0, 0.05) is 19.1 Å². The maximum Gasteiger partial charge on any atom is 0.396 e. The van der Waals surface area contributed by atoms with Gasteiger partial charge >= 0.3 is 5.91 Å². The molecule has 0 N–H and O–H groups in total. The Kier molecular flexibility index (Phi) is 2.26. The summed E-state index contributed by atoms with van der Waals surface area (Å²) in [5.41, 5.74) is 2.10. The number of rotatable bonds is 1. The van der Waals surface area contributed by atoms with Gasteiger partial charge in [0.1, 0.15) is 27.2 Å². The summed E-state index contributed by atoms with van der Waals surface area (Å²) in [6.45, 7) is 2.00. The Morgan fingerprint density at radius 1 is 1.00 bits per heavy atom. The van der Waals surface area contributed by atoms with E-state index in [2.05, 4.69) is 14.1 Å². The molecule has 1 amide bonds. The first-order valence-corrected chi connectivity index (χ1v) is 5.40. The predicted octanol–water partition coefficient (Wildman–Crippen LogP) is 2.06. The summed E-state index contributed by atoms with van der Waals surface area (Å²) < 4.78 is 0.815. The molecule has 1 unspecified atom stereocenters. The number of carbonyl (C=O) groups excluding carboxylic acids is 1. The minimum Gasteiger partial charge on any atom is -0.220 e. The topological polar surface area (TPSA) is 17.1 Å². The van der Waals surface area contributed by atoms with E-state index in [1.807, 2.05) is 44.3 Å². The fourth-order valence-electron chi connectivity index (χ4n) is 2.16. The third-order valence-corrected chi connectivity index (χ3v) is 3.88. The summed E-state index contributed by atoms with van der Waals surface area (Å²) in [4.78, 5) is 12.2. The zero-order valence-electron chi connectivity index (χ0n) is 10.3. The predicted molar refractivity (Wildman–Crippen MR) is 65.0 cm³/mol. The molecule has 1 aliphatic heterocycles. The molecule has 0 saturated carbocycles. The molecular formula is C13H18N2O+2. The SMILES string of the molecule is CC1=CC(=O)[N+](C)(c2ccccc2)[N+]1(C)C. The molecule has 1 aliphatic rings. The second kappa shape index (κ2) is 3.27. The van der Waals surface area contributed by atoms with Gasteiger partial charge in [-0.3, -0.25) is 0 Å². The number of nitrogens with zero attached hydrogens (tertiary/aromatic N) is 2. The van der Waals surface area contributed by atoms with Crippen molar-refractivity contribution in [1.29, 1.82) is 0 Å². The lowest BCUT2D eigenvalue weighted by Gasteiger charge is -2.39. The van der Waals surface area contributed by atoms with E-state index < -0.39 is 0 Å². The van der Waals surface area contributed by atoms with E-state index >= 15 is 0 Å². The molecule has 2 rings (SSSR count). The van der Waals surface area contributed by atoms with E-state index in [9.17, 15) is 4.79 Å². The highest BCUT2D eigenvalue weighted by molar-refractivity contribution is 5.97. The first kappa shape index (κ1) is 11.0. The van der Waals surface area contributed by atoms with Crippen molar-refractivity contribution in [1.82, 2.24) is 4.59 Å². The molecule has 1 atom stereocenters. The lowest BCUT2D eigenvalue weighted by atomic mass is 10.3. The molecule has 84 valence electrons. The van der Waals surface area contributed by atoms with Crippen molar-refractivity contribution in [2.24, 2.45) is 0 Å². The van der Waals surface area contributed by atoms with E-state index in [1.165, 1.54) is 0 Å². The number of likely N-dealkylation sites (N-methyl/N-ethyl adjacent to an activating group) is 1. The van der Waals surface area contributed by atoms with Gasteiger partial charge in [0.15, 0.2) is 11.4 Å². The molecule has 0 aliphatic carbocycles. The largest absolute Gasteiger partial charge is 0.396 e. The number of benzene rings is 1. The Labute approximate surface area is 96.4 Å². The highest BCUT2D eigenvalue weighted by atomic mass is 16.2. The van der Waals surface area contributed by atoms with Crippen LogP contribution in [-0.2, 0) is 4.79 Å². The molecule has 1 heterocycles. The minimum absolute atomic E-state index is 0.133. The summed E-state index contributed by atoms with van der Waals surface area (Å²) in [5.74, 6) is 0.133. The first-order chi connectivity index (χ1) is 7.40. The van der Waals surface area contributed by atoms with Gasteiger partial charge in [0.25, 0.3) is 0 Å². The van der Waals surface area contributed by atoms with Crippen molar-refractivity contribution in [3.05, 3.63) is 42.1 Å². The minimum atomic E-state index is 0.133. The van der Waals surface area contributed by atoms with Crippen molar-refractivity contribution in [3.8, 4) is 0 Å². The average Bonchev–Trinajstić information content (AvgIpc) is 2.42. The number of hydrogen-bond acceptors (Lipinski definition) is 1. The van der Waals surface area contributed by atoms with Gasteiger partial charge in [-0.1, -0.05) is 22.8 Å². The zero-order valence-corrected chi connectivity index (χ0v) is 10.3. The van der Waals surface area contributed by atoms with E-state index in [1.54, 1.807) is 6.08 Å². The Morgan fingerprint density at radius 2 is 1.56 bits per heavy atom. The van der Waals surface area contributed by atoms with Gasteiger partial charge < -0.3 is 0 Å². The van der Waals surface area contributed by atoms with Gasteiger partial charge in [0.2, 0.25) is 0 Å². The lowest BCUT2D eigenvalue weighted by molar-refractivity contribution is -0.939. The smallest absolute Gasteiger partial charge is 0.220 e.